The van der Waals surface area contributed by atoms with E-state index in [0.29, 0.717) is 30.5 Å². The Balaban J connectivity index is 1.66. The quantitative estimate of drug-likeness (QED) is 0.463. The van der Waals surface area contributed by atoms with Crippen molar-refractivity contribution in [1.82, 2.24) is 20.4 Å². The fourth-order valence-electron chi connectivity index (χ4n) is 3.70. The number of nitrogens with one attached hydrogen (secondary N) is 2. The first-order valence-electron chi connectivity index (χ1n) is 10.8. The maximum Gasteiger partial charge on any atom is 0.162 e. The van der Waals surface area contributed by atoms with Crippen LogP contribution in [0.3, 0.4) is 0 Å². The highest BCUT2D eigenvalue weighted by Crippen LogP contribution is 2.30. The molecule has 3 heterocycles. The van der Waals surface area contributed by atoms with E-state index >= 15 is 0 Å². The Kier molecular flexibility index (Phi) is 6.99. The molecule has 3 aromatic rings. The van der Waals surface area contributed by atoms with Crippen LogP contribution >= 0.6 is 0 Å². The molecule has 1 aliphatic rings. The number of benzene rings is 1. The second-order valence-corrected chi connectivity index (χ2v) is 7.92. The van der Waals surface area contributed by atoms with E-state index < -0.39 is 6.10 Å². The van der Waals surface area contributed by atoms with Crippen LogP contribution in [-0.2, 0) is 4.74 Å². The highest BCUT2D eigenvalue weighted by Gasteiger charge is 2.20. The summed E-state index contributed by atoms with van der Waals surface area (Å²) in [4.78, 5) is 9.57. The Bertz CT molecular complexity index is 1030. The molecule has 1 fully saturated rings. The van der Waals surface area contributed by atoms with Crippen LogP contribution in [0, 0.1) is 13.8 Å². The van der Waals surface area contributed by atoms with Crippen LogP contribution in [0.4, 0.5) is 5.82 Å². The minimum Gasteiger partial charge on any atom is -0.491 e. The van der Waals surface area contributed by atoms with E-state index in [1.807, 2.05) is 44.2 Å². The molecule has 0 spiro atoms. The lowest BCUT2D eigenvalue weighted by Gasteiger charge is -2.15. The van der Waals surface area contributed by atoms with Gasteiger partial charge >= 0.3 is 0 Å². The molecule has 9 heteroatoms. The van der Waals surface area contributed by atoms with E-state index in [1.54, 1.807) is 7.05 Å². The van der Waals surface area contributed by atoms with Crippen LogP contribution in [0.1, 0.15) is 17.9 Å². The van der Waals surface area contributed by atoms with Crippen molar-refractivity contribution in [2.45, 2.75) is 32.4 Å². The molecule has 2 atom stereocenters. The number of hydrogen-bond donors (Lipinski definition) is 3. The van der Waals surface area contributed by atoms with Gasteiger partial charge in [0.25, 0.3) is 0 Å². The molecule has 3 N–H and O–H groups in total. The van der Waals surface area contributed by atoms with Crippen LogP contribution in [0.5, 0.6) is 5.75 Å². The molecule has 0 saturated carbocycles. The molecular weight excluding hydrogens is 410 g/mol. The predicted octanol–water partition coefficient (Wildman–Crippen LogP) is 2.58. The summed E-state index contributed by atoms with van der Waals surface area (Å²) in [5, 5.41) is 20.4. The van der Waals surface area contributed by atoms with Gasteiger partial charge in [0, 0.05) is 24.8 Å². The third-order valence-corrected chi connectivity index (χ3v) is 5.27. The number of ether oxygens (including phenoxy) is 2. The number of rotatable bonds is 9. The predicted molar refractivity (Wildman–Crippen MR) is 121 cm³/mol. The maximum absolute atomic E-state index is 9.92. The van der Waals surface area contributed by atoms with Gasteiger partial charge in [-0.2, -0.15) is 0 Å². The summed E-state index contributed by atoms with van der Waals surface area (Å²) in [7, 11) is 1.79. The average Bonchev–Trinajstić information content (AvgIpc) is 3.41. The first kappa shape index (κ1) is 22.2. The Morgan fingerprint density at radius 1 is 1.25 bits per heavy atom. The Morgan fingerprint density at radius 2 is 2.12 bits per heavy atom. The molecule has 4 rings (SSSR count). The summed E-state index contributed by atoms with van der Waals surface area (Å²) in [6.07, 6.45) is 0.338. The van der Waals surface area contributed by atoms with E-state index in [1.165, 1.54) is 0 Å². The molecule has 0 amide bonds. The molecule has 1 saturated heterocycles. The van der Waals surface area contributed by atoms with Crippen LogP contribution in [0.25, 0.3) is 22.6 Å². The van der Waals surface area contributed by atoms with Crippen LogP contribution in [0.15, 0.2) is 34.9 Å². The third kappa shape index (κ3) is 5.24. The van der Waals surface area contributed by atoms with Gasteiger partial charge in [-0.3, -0.25) is 0 Å². The summed E-state index contributed by atoms with van der Waals surface area (Å²) in [5.74, 6) is 2.63. The summed E-state index contributed by atoms with van der Waals surface area (Å²) in [5.41, 5.74) is 3.19. The standard InChI is InChI=1S/C23H29N5O4/c1-14-22(15(2)32-28-14)20-10-21(25-17-7-8-30-12-17)27-23(26-20)16-5-4-6-19(9-16)31-13-18(29)11-24-3/h4-6,9-10,17-18,24,29H,7-8,11-13H2,1-3H3,(H,25,26,27)/t17-,18?/m0/s1. The number of anilines is 1. The normalized spacial score (nSPS) is 16.8. The molecule has 1 aromatic carbocycles. The summed E-state index contributed by atoms with van der Waals surface area (Å²) < 4.78 is 16.6. The molecule has 1 unspecified atom stereocenters. The van der Waals surface area contributed by atoms with Gasteiger partial charge in [-0.1, -0.05) is 17.3 Å². The van der Waals surface area contributed by atoms with Crippen molar-refractivity contribution in [3.05, 3.63) is 41.8 Å². The third-order valence-electron chi connectivity index (χ3n) is 5.27. The van der Waals surface area contributed by atoms with Crippen molar-refractivity contribution >= 4 is 5.82 Å². The Morgan fingerprint density at radius 3 is 2.84 bits per heavy atom. The molecule has 1 aliphatic heterocycles. The van der Waals surface area contributed by atoms with Gasteiger partial charge in [0.15, 0.2) is 5.82 Å². The molecule has 0 radical (unpaired) electrons. The van der Waals surface area contributed by atoms with Gasteiger partial charge in [-0.15, -0.1) is 0 Å². The van der Waals surface area contributed by atoms with Gasteiger partial charge < -0.3 is 29.7 Å². The largest absolute Gasteiger partial charge is 0.491 e. The number of aromatic nitrogens is 3. The van der Waals surface area contributed by atoms with Crippen molar-refractivity contribution in [2.75, 3.05) is 38.7 Å². The number of hydrogen-bond acceptors (Lipinski definition) is 9. The molecule has 9 nitrogen and oxygen atoms in total. The second kappa shape index (κ2) is 10.1. The monoisotopic (exact) mass is 439 g/mol. The Hall–Kier alpha value is -3.01. The highest BCUT2D eigenvalue weighted by molar-refractivity contribution is 5.70. The molecule has 170 valence electrons. The van der Waals surface area contributed by atoms with Crippen molar-refractivity contribution in [3.8, 4) is 28.4 Å². The van der Waals surface area contributed by atoms with Gasteiger partial charge in [-0.25, -0.2) is 9.97 Å². The van der Waals surface area contributed by atoms with Crippen molar-refractivity contribution in [2.24, 2.45) is 0 Å². The van der Waals surface area contributed by atoms with E-state index in [-0.39, 0.29) is 12.6 Å². The first-order valence-corrected chi connectivity index (χ1v) is 10.8. The van der Waals surface area contributed by atoms with Crippen molar-refractivity contribution in [1.29, 1.82) is 0 Å². The van der Waals surface area contributed by atoms with Gasteiger partial charge in [-0.05, 0) is 39.4 Å². The molecule has 0 bridgehead atoms. The topological polar surface area (TPSA) is 115 Å². The number of aliphatic hydroxyl groups is 1. The van der Waals surface area contributed by atoms with E-state index in [2.05, 4.69) is 15.8 Å². The maximum atomic E-state index is 9.92. The molecule has 2 aromatic heterocycles. The fourth-order valence-corrected chi connectivity index (χ4v) is 3.70. The van der Waals surface area contributed by atoms with Crippen LogP contribution < -0.4 is 15.4 Å². The van der Waals surface area contributed by atoms with Crippen molar-refractivity contribution in [3.63, 3.8) is 0 Å². The zero-order valence-electron chi connectivity index (χ0n) is 18.6. The van der Waals surface area contributed by atoms with E-state index in [0.717, 1.165) is 41.4 Å². The Labute approximate surface area is 187 Å². The number of nitrogens with zero attached hydrogens (tertiary/aromatic N) is 3. The summed E-state index contributed by atoms with van der Waals surface area (Å²) in [6.45, 7) is 5.82. The second-order valence-electron chi connectivity index (χ2n) is 7.92. The van der Waals surface area contributed by atoms with Crippen LogP contribution in [-0.4, -0.2) is 65.8 Å². The number of likely N-dealkylation sites (N-methyl/N-ethyl adjacent to an activating group) is 1. The number of aliphatic hydroxyl groups excluding tert-OH is 1. The van der Waals surface area contributed by atoms with Gasteiger partial charge in [0.05, 0.1) is 29.6 Å². The van der Waals surface area contributed by atoms with E-state index in [4.69, 9.17) is 24.0 Å². The molecule has 0 aliphatic carbocycles. The summed E-state index contributed by atoms with van der Waals surface area (Å²) in [6, 6.07) is 9.68. The lowest BCUT2D eigenvalue weighted by molar-refractivity contribution is 0.108. The summed E-state index contributed by atoms with van der Waals surface area (Å²) >= 11 is 0. The van der Waals surface area contributed by atoms with Gasteiger partial charge in [0.2, 0.25) is 0 Å². The smallest absolute Gasteiger partial charge is 0.162 e. The lowest BCUT2D eigenvalue weighted by atomic mass is 10.1. The lowest BCUT2D eigenvalue weighted by Crippen LogP contribution is -2.29. The number of aryl methyl sites for hydroxylation is 2. The molecule has 32 heavy (non-hydrogen) atoms. The van der Waals surface area contributed by atoms with Crippen molar-refractivity contribution < 1.29 is 19.1 Å². The average molecular weight is 440 g/mol. The fraction of sp³-hybridized carbons (Fsp3) is 0.435. The zero-order chi connectivity index (χ0) is 22.5. The zero-order valence-corrected chi connectivity index (χ0v) is 18.6. The molecular formula is C23H29N5O4. The highest BCUT2D eigenvalue weighted by atomic mass is 16.5. The first-order chi connectivity index (χ1) is 15.5. The minimum atomic E-state index is -0.591. The SMILES string of the molecule is CNCC(O)COc1cccc(-c2nc(N[C@H]3CCOC3)cc(-c3c(C)noc3C)n2)c1. The minimum absolute atomic E-state index is 0.193. The van der Waals surface area contributed by atoms with E-state index in [9.17, 15) is 5.11 Å². The van der Waals surface area contributed by atoms with Gasteiger partial charge in [0.1, 0.15) is 30.0 Å². The van der Waals surface area contributed by atoms with Crippen LogP contribution in [0.2, 0.25) is 0 Å².